The largest absolute Gasteiger partial charge is 0.416 e. The van der Waals surface area contributed by atoms with Crippen LogP contribution < -0.4 is 5.73 Å². The van der Waals surface area contributed by atoms with E-state index in [1.807, 2.05) is 0 Å². The number of rotatable bonds is 4. The van der Waals surface area contributed by atoms with Crippen molar-refractivity contribution >= 4 is 17.7 Å². The smallest absolute Gasteiger partial charge is 0.277 e. The number of hydrogen-bond acceptors (Lipinski definition) is 5. The lowest BCUT2D eigenvalue weighted by molar-refractivity contribution is -0.115. The van der Waals surface area contributed by atoms with Gasteiger partial charge in [-0.15, -0.1) is 10.2 Å². The number of carbonyl (C=O) groups excluding carboxylic acids is 1. The second-order valence-corrected chi connectivity index (χ2v) is 4.92. The first-order valence-electron chi connectivity index (χ1n) is 5.50. The normalized spacial score (nSPS) is 17.5. The van der Waals surface area contributed by atoms with Crippen molar-refractivity contribution in [3.8, 4) is 0 Å². The summed E-state index contributed by atoms with van der Waals surface area (Å²) in [5.41, 5.74) is 5.04. The maximum absolute atomic E-state index is 10.6. The highest BCUT2D eigenvalue weighted by atomic mass is 32.2. The number of amides is 1. The number of carbonyl (C=O) groups is 1. The topological polar surface area (TPSA) is 82.0 Å². The molecule has 1 aliphatic carbocycles. The maximum Gasteiger partial charge on any atom is 0.277 e. The third-order valence-electron chi connectivity index (χ3n) is 2.71. The van der Waals surface area contributed by atoms with Gasteiger partial charge in [-0.1, -0.05) is 31.0 Å². The SMILES string of the molecule is NC(=O)CSc1nnc(C2CCCCC2)o1. The Bertz CT molecular complexity index is 361. The second kappa shape index (κ2) is 5.34. The first kappa shape index (κ1) is 11.4. The second-order valence-electron chi connectivity index (χ2n) is 4.00. The van der Waals surface area contributed by atoms with Crippen LogP contribution >= 0.6 is 11.8 Å². The monoisotopic (exact) mass is 241 g/mol. The zero-order valence-corrected chi connectivity index (χ0v) is 9.83. The van der Waals surface area contributed by atoms with Crippen molar-refractivity contribution in [2.75, 3.05) is 5.75 Å². The molecular formula is C10H15N3O2S. The Balaban J connectivity index is 1.93. The fourth-order valence-corrected chi connectivity index (χ4v) is 2.43. The number of hydrogen-bond donors (Lipinski definition) is 1. The van der Waals surface area contributed by atoms with E-state index in [0.717, 1.165) is 12.8 Å². The number of nitrogens with zero attached hydrogens (tertiary/aromatic N) is 2. The Morgan fingerprint density at radius 2 is 2.12 bits per heavy atom. The summed E-state index contributed by atoms with van der Waals surface area (Å²) >= 11 is 1.20. The molecule has 0 aromatic carbocycles. The van der Waals surface area contributed by atoms with Gasteiger partial charge in [-0.25, -0.2) is 0 Å². The Labute approximate surface area is 98.2 Å². The summed E-state index contributed by atoms with van der Waals surface area (Å²) in [5.74, 6) is 0.935. The van der Waals surface area contributed by atoms with Crippen LogP contribution in [0.1, 0.15) is 43.9 Å². The molecule has 1 aromatic rings. The molecular weight excluding hydrogens is 226 g/mol. The first-order valence-corrected chi connectivity index (χ1v) is 6.49. The van der Waals surface area contributed by atoms with Crippen molar-refractivity contribution in [3.63, 3.8) is 0 Å². The van der Waals surface area contributed by atoms with Gasteiger partial charge in [0.15, 0.2) is 0 Å². The van der Waals surface area contributed by atoms with Gasteiger partial charge in [-0.3, -0.25) is 4.79 Å². The molecule has 1 aliphatic rings. The fourth-order valence-electron chi connectivity index (χ4n) is 1.93. The van der Waals surface area contributed by atoms with Gasteiger partial charge >= 0.3 is 0 Å². The van der Waals surface area contributed by atoms with E-state index in [4.69, 9.17) is 10.2 Å². The summed E-state index contributed by atoms with van der Waals surface area (Å²) in [5, 5.41) is 8.37. The highest BCUT2D eigenvalue weighted by molar-refractivity contribution is 7.99. The third kappa shape index (κ3) is 2.98. The van der Waals surface area contributed by atoms with Gasteiger partial charge in [0, 0.05) is 5.92 Å². The van der Waals surface area contributed by atoms with E-state index in [-0.39, 0.29) is 11.7 Å². The van der Waals surface area contributed by atoms with E-state index in [2.05, 4.69) is 10.2 Å². The minimum atomic E-state index is -0.373. The van der Waals surface area contributed by atoms with Crippen LogP contribution in [0.25, 0.3) is 0 Å². The van der Waals surface area contributed by atoms with Gasteiger partial charge in [0.1, 0.15) is 0 Å². The van der Waals surface area contributed by atoms with E-state index >= 15 is 0 Å². The summed E-state index contributed by atoms with van der Waals surface area (Å²) in [6.07, 6.45) is 6.02. The lowest BCUT2D eigenvalue weighted by Crippen LogP contribution is -2.12. The van der Waals surface area contributed by atoms with Crippen molar-refractivity contribution < 1.29 is 9.21 Å². The van der Waals surface area contributed by atoms with E-state index < -0.39 is 0 Å². The molecule has 0 aliphatic heterocycles. The molecule has 2 rings (SSSR count). The van der Waals surface area contributed by atoms with E-state index in [1.165, 1.54) is 31.0 Å². The number of thioether (sulfide) groups is 1. The Morgan fingerprint density at radius 1 is 1.38 bits per heavy atom. The molecule has 1 saturated carbocycles. The molecule has 5 nitrogen and oxygen atoms in total. The van der Waals surface area contributed by atoms with Gasteiger partial charge in [-0.2, -0.15) is 0 Å². The zero-order chi connectivity index (χ0) is 11.4. The molecule has 16 heavy (non-hydrogen) atoms. The molecule has 2 N–H and O–H groups in total. The molecule has 0 bridgehead atoms. The highest BCUT2D eigenvalue weighted by Gasteiger charge is 2.21. The quantitative estimate of drug-likeness (QED) is 0.811. The average Bonchev–Trinajstić information content (AvgIpc) is 2.76. The molecule has 88 valence electrons. The van der Waals surface area contributed by atoms with Crippen LogP contribution in [-0.2, 0) is 4.79 Å². The minimum absolute atomic E-state index is 0.187. The summed E-state index contributed by atoms with van der Waals surface area (Å²) in [6, 6.07) is 0. The number of aromatic nitrogens is 2. The fraction of sp³-hybridized carbons (Fsp3) is 0.700. The van der Waals surface area contributed by atoms with Crippen LogP contribution in [0.2, 0.25) is 0 Å². The molecule has 0 unspecified atom stereocenters. The lowest BCUT2D eigenvalue weighted by Gasteiger charge is -2.17. The maximum atomic E-state index is 10.6. The number of nitrogens with two attached hydrogens (primary N) is 1. The average molecular weight is 241 g/mol. The van der Waals surface area contributed by atoms with Crippen LogP contribution in [0.4, 0.5) is 0 Å². The summed E-state index contributed by atoms with van der Waals surface area (Å²) < 4.78 is 5.51. The van der Waals surface area contributed by atoms with Crippen molar-refractivity contribution in [1.82, 2.24) is 10.2 Å². The van der Waals surface area contributed by atoms with Gasteiger partial charge in [0.05, 0.1) is 5.75 Å². The van der Waals surface area contributed by atoms with E-state index in [0.29, 0.717) is 17.0 Å². The van der Waals surface area contributed by atoms with Crippen molar-refractivity contribution in [3.05, 3.63) is 5.89 Å². The molecule has 0 atom stereocenters. The van der Waals surface area contributed by atoms with E-state index in [1.54, 1.807) is 0 Å². The van der Waals surface area contributed by atoms with Gasteiger partial charge < -0.3 is 10.2 Å². The Morgan fingerprint density at radius 3 is 2.81 bits per heavy atom. The van der Waals surface area contributed by atoms with Crippen LogP contribution in [0, 0.1) is 0 Å². The van der Waals surface area contributed by atoms with Crippen LogP contribution in [0.15, 0.2) is 9.64 Å². The third-order valence-corrected chi connectivity index (χ3v) is 3.56. The number of primary amides is 1. The van der Waals surface area contributed by atoms with Gasteiger partial charge in [-0.05, 0) is 12.8 Å². The predicted molar refractivity (Wildman–Crippen MR) is 60.0 cm³/mol. The predicted octanol–water partition coefficient (Wildman–Crippen LogP) is 1.69. The Kier molecular flexibility index (Phi) is 3.82. The Hall–Kier alpha value is -1.04. The zero-order valence-electron chi connectivity index (χ0n) is 9.02. The first-order chi connectivity index (χ1) is 7.75. The molecule has 1 aromatic heterocycles. The minimum Gasteiger partial charge on any atom is -0.416 e. The van der Waals surface area contributed by atoms with Crippen molar-refractivity contribution in [2.24, 2.45) is 5.73 Å². The summed E-state index contributed by atoms with van der Waals surface area (Å²) in [6.45, 7) is 0. The van der Waals surface area contributed by atoms with E-state index in [9.17, 15) is 4.79 Å². The van der Waals surface area contributed by atoms with Gasteiger partial charge in [0.2, 0.25) is 11.8 Å². The molecule has 1 heterocycles. The van der Waals surface area contributed by atoms with Gasteiger partial charge in [0.25, 0.3) is 5.22 Å². The lowest BCUT2D eigenvalue weighted by atomic mass is 9.89. The molecule has 0 saturated heterocycles. The van der Waals surface area contributed by atoms with Crippen LogP contribution in [0.5, 0.6) is 0 Å². The van der Waals surface area contributed by atoms with Crippen LogP contribution in [0.3, 0.4) is 0 Å². The molecule has 1 fully saturated rings. The molecule has 1 amide bonds. The van der Waals surface area contributed by atoms with Crippen molar-refractivity contribution in [1.29, 1.82) is 0 Å². The highest BCUT2D eigenvalue weighted by Crippen LogP contribution is 2.32. The van der Waals surface area contributed by atoms with Crippen LogP contribution in [-0.4, -0.2) is 21.9 Å². The molecule has 0 spiro atoms. The molecule has 6 heteroatoms. The standard InChI is InChI=1S/C10H15N3O2S/c11-8(14)6-16-10-13-12-9(15-10)7-4-2-1-3-5-7/h7H,1-6H2,(H2,11,14). The summed E-state index contributed by atoms with van der Waals surface area (Å²) in [4.78, 5) is 10.6. The van der Waals surface area contributed by atoms with Crippen molar-refractivity contribution in [2.45, 2.75) is 43.2 Å². The summed E-state index contributed by atoms with van der Waals surface area (Å²) in [7, 11) is 0. The molecule has 0 radical (unpaired) electrons.